The lowest BCUT2D eigenvalue weighted by atomic mass is 10.1. The first-order valence-electron chi connectivity index (χ1n) is 6.96. The fraction of sp³-hybridized carbons (Fsp3) is 0.846. The van der Waals surface area contributed by atoms with Crippen molar-refractivity contribution in [1.29, 1.82) is 0 Å². The Morgan fingerprint density at radius 3 is 2.32 bits per heavy atom. The van der Waals surface area contributed by atoms with E-state index in [4.69, 9.17) is 10.8 Å². The molecule has 110 valence electrons. The second kappa shape index (κ2) is 7.45. The van der Waals surface area contributed by atoms with Gasteiger partial charge >= 0.3 is 5.97 Å². The molecule has 0 saturated carbocycles. The molecule has 0 aliphatic carbocycles. The lowest BCUT2D eigenvalue weighted by Crippen LogP contribution is -2.54. The summed E-state index contributed by atoms with van der Waals surface area (Å²) in [4.78, 5) is 26.6. The maximum atomic E-state index is 12.0. The summed E-state index contributed by atoms with van der Waals surface area (Å²) in [5.41, 5.74) is 5.75. The van der Waals surface area contributed by atoms with Crippen LogP contribution in [-0.2, 0) is 9.59 Å². The Morgan fingerprint density at radius 2 is 1.84 bits per heavy atom. The second-order valence-electron chi connectivity index (χ2n) is 5.16. The van der Waals surface area contributed by atoms with Crippen molar-refractivity contribution in [3.63, 3.8) is 0 Å². The van der Waals surface area contributed by atoms with Crippen molar-refractivity contribution in [2.45, 2.75) is 45.2 Å². The number of hydrogen-bond acceptors (Lipinski definition) is 4. The molecule has 2 unspecified atom stereocenters. The van der Waals surface area contributed by atoms with Gasteiger partial charge in [0, 0.05) is 38.6 Å². The highest BCUT2D eigenvalue weighted by molar-refractivity contribution is 5.82. The van der Waals surface area contributed by atoms with Gasteiger partial charge in [-0.05, 0) is 19.8 Å². The van der Waals surface area contributed by atoms with Crippen molar-refractivity contribution in [2.75, 3.05) is 26.2 Å². The molecule has 1 amide bonds. The summed E-state index contributed by atoms with van der Waals surface area (Å²) in [6, 6.07) is -0.149. The molecule has 19 heavy (non-hydrogen) atoms. The highest BCUT2D eigenvalue weighted by Crippen LogP contribution is 2.10. The monoisotopic (exact) mass is 271 g/mol. The number of amides is 1. The number of carboxylic acids is 1. The number of carboxylic acid groups (broad SMARTS) is 1. The molecule has 3 N–H and O–H groups in total. The molecule has 1 heterocycles. The smallest absolute Gasteiger partial charge is 0.303 e. The number of carbonyl (C=O) groups excluding carboxylic acids is 1. The van der Waals surface area contributed by atoms with E-state index >= 15 is 0 Å². The van der Waals surface area contributed by atoms with Gasteiger partial charge < -0.3 is 15.7 Å². The van der Waals surface area contributed by atoms with Crippen LogP contribution in [0.15, 0.2) is 0 Å². The Morgan fingerprint density at radius 1 is 1.26 bits per heavy atom. The standard InChI is InChI=1S/C13H25N3O3/c1-3-10(2)15-6-8-16(9-7-15)13(19)11(14)4-5-12(17)18/h10-11H,3-9,14H2,1-2H3,(H,17,18). The molecule has 0 radical (unpaired) electrons. The van der Waals surface area contributed by atoms with Crippen LogP contribution in [0.4, 0.5) is 0 Å². The molecule has 2 atom stereocenters. The van der Waals surface area contributed by atoms with Gasteiger partial charge in [-0.15, -0.1) is 0 Å². The summed E-state index contributed by atoms with van der Waals surface area (Å²) in [6.45, 7) is 7.45. The Balaban J connectivity index is 2.37. The fourth-order valence-electron chi connectivity index (χ4n) is 2.28. The summed E-state index contributed by atoms with van der Waals surface area (Å²) in [6.07, 6.45) is 1.26. The van der Waals surface area contributed by atoms with Crippen molar-refractivity contribution in [1.82, 2.24) is 9.80 Å². The predicted molar refractivity (Wildman–Crippen MR) is 72.8 cm³/mol. The van der Waals surface area contributed by atoms with E-state index in [0.29, 0.717) is 19.1 Å². The van der Waals surface area contributed by atoms with Gasteiger partial charge in [-0.1, -0.05) is 6.92 Å². The van der Waals surface area contributed by atoms with E-state index in [1.807, 2.05) is 0 Å². The van der Waals surface area contributed by atoms with Gasteiger partial charge in [0.2, 0.25) is 5.91 Å². The average Bonchev–Trinajstić information content (AvgIpc) is 2.43. The molecule has 1 fully saturated rings. The quantitative estimate of drug-likeness (QED) is 0.716. The minimum atomic E-state index is -0.912. The summed E-state index contributed by atoms with van der Waals surface area (Å²) in [5.74, 6) is -1.03. The first-order valence-corrected chi connectivity index (χ1v) is 6.96. The third-order valence-electron chi connectivity index (χ3n) is 3.83. The van der Waals surface area contributed by atoms with Crippen LogP contribution >= 0.6 is 0 Å². The first-order chi connectivity index (χ1) is 8.95. The molecule has 1 rings (SSSR count). The van der Waals surface area contributed by atoms with E-state index in [0.717, 1.165) is 19.5 Å². The summed E-state index contributed by atoms with van der Waals surface area (Å²) in [7, 11) is 0. The molecule has 0 aromatic heterocycles. The highest BCUT2D eigenvalue weighted by Gasteiger charge is 2.26. The molecule has 1 saturated heterocycles. The normalized spacial score (nSPS) is 20.1. The molecule has 1 aliphatic rings. The maximum absolute atomic E-state index is 12.0. The lowest BCUT2D eigenvalue weighted by molar-refractivity contribution is -0.138. The van der Waals surface area contributed by atoms with E-state index in [9.17, 15) is 9.59 Å². The Labute approximate surface area is 114 Å². The number of carbonyl (C=O) groups is 2. The maximum Gasteiger partial charge on any atom is 0.303 e. The van der Waals surface area contributed by atoms with Gasteiger partial charge in [0.1, 0.15) is 0 Å². The SMILES string of the molecule is CCC(C)N1CCN(C(=O)C(N)CCC(=O)O)CC1. The molecular formula is C13H25N3O3. The molecule has 0 aromatic carbocycles. The predicted octanol–water partition coefficient (Wildman–Crippen LogP) is 0.121. The van der Waals surface area contributed by atoms with Crippen LogP contribution in [0.2, 0.25) is 0 Å². The zero-order valence-corrected chi connectivity index (χ0v) is 11.8. The number of aliphatic carboxylic acids is 1. The average molecular weight is 271 g/mol. The summed E-state index contributed by atoms with van der Waals surface area (Å²) < 4.78 is 0. The Kier molecular flexibility index (Phi) is 6.24. The second-order valence-corrected chi connectivity index (χ2v) is 5.16. The number of nitrogens with two attached hydrogens (primary N) is 1. The third-order valence-corrected chi connectivity index (χ3v) is 3.83. The zero-order chi connectivity index (χ0) is 14.4. The van der Waals surface area contributed by atoms with E-state index in [2.05, 4.69) is 18.7 Å². The van der Waals surface area contributed by atoms with Crippen LogP contribution in [0.1, 0.15) is 33.1 Å². The van der Waals surface area contributed by atoms with E-state index in [1.54, 1.807) is 4.90 Å². The number of piperazine rings is 1. The van der Waals surface area contributed by atoms with Crippen molar-refractivity contribution in [2.24, 2.45) is 5.73 Å². The van der Waals surface area contributed by atoms with Crippen LogP contribution in [0, 0.1) is 0 Å². The number of nitrogens with zero attached hydrogens (tertiary/aromatic N) is 2. The van der Waals surface area contributed by atoms with E-state index < -0.39 is 12.0 Å². The Bertz CT molecular complexity index is 314. The first kappa shape index (κ1) is 15.9. The van der Waals surface area contributed by atoms with Crippen molar-refractivity contribution < 1.29 is 14.7 Å². The Hall–Kier alpha value is -1.14. The van der Waals surface area contributed by atoms with E-state index in [1.165, 1.54) is 0 Å². The lowest BCUT2D eigenvalue weighted by Gasteiger charge is -2.38. The van der Waals surface area contributed by atoms with E-state index in [-0.39, 0.29) is 18.7 Å². The van der Waals surface area contributed by atoms with Gasteiger partial charge in [-0.25, -0.2) is 0 Å². The largest absolute Gasteiger partial charge is 0.481 e. The molecule has 6 nitrogen and oxygen atoms in total. The highest BCUT2D eigenvalue weighted by atomic mass is 16.4. The van der Waals surface area contributed by atoms with Gasteiger partial charge in [0.25, 0.3) is 0 Å². The molecular weight excluding hydrogens is 246 g/mol. The molecule has 0 aromatic rings. The molecule has 6 heteroatoms. The molecule has 0 spiro atoms. The third kappa shape index (κ3) is 4.80. The zero-order valence-electron chi connectivity index (χ0n) is 11.8. The minimum Gasteiger partial charge on any atom is -0.481 e. The van der Waals surface area contributed by atoms with Crippen LogP contribution in [-0.4, -0.2) is 65.0 Å². The molecule has 1 aliphatic heterocycles. The van der Waals surface area contributed by atoms with Crippen LogP contribution < -0.4 is 5.73 Å². The summed E-state index contributed by atoms with van der Waals surface area (Å²) in [5, 5.41) is 8.59. The summed E-state index contributed by atoms with van der Waals surface area (Å²) >= 11 is 0. The van der Waals surface area contributed by atoms with Crippen molar-refractivity contribution >= 4 is 11.9 Å². The van der Waals surface area contributed by atoms with Crippen LogP contribution in [0.5, 0.6) is 0 Å². The topological polar surface area (TPSA) is 86.9 Å². The van der Waals surface area contributed by atoms with Gasteiger partial charge in [0.05, 0.1) is 6.04 Å². The van der Waals surface area contributed by atoms with Gasteiger partial charge in [0.15, 0.2) is 0 Å². The van der Waals surface area contributed by atoms with Crippen LogP contribution in [0.25, 0.3) is 0 Å². The number of rotatable bonds is 6. The fourth-order valence-corrected chi connectivity index (χ4v) is 2.28. The van der Waals surface area contributed by atoms with Crippen LogP contribution in [0.3, 0.4) is 0 Å². The van der Waals surface area contributed by atoms with Crippen molar-refractivity contribution in [3.8, 4) is 0 Å². The molecule has 0 bridgehead atoms. The van der Waals surface area contributed by atoms with Gasteiger partial charge in [-0.2, -0.15) is 0 Å². The minimum absolute atomic E-state index is 0.0558. The number of hydrogen-bond donors (Lipinski definition) is 2. The van der Waals surface area contributed by atoms with Crippen molar-refractivity contribution in [3.05, 3.63) is 0 Å². The van der Waals surface area contributed by atoms with Gasteiger partial charge in [-0.3, -0.25) is 14.5 Å².